The summed E-state index contributed by atoms with van der Waals surface area (Å²) in [6.45, 7) is 3.82. The Labute approximate surface area is 127 Å². The van der Waals surface area contributed by atoms with Crippen molar-refractivity contribution < 1.29 is 12.6 Å². The molecule has 0 unspecified atom stereocenters. The molecule has 1 atom stereocenters. The van der Waals surface area contributed by atoms with E-state index < -0.39 is 20.6 Å². The van der Waals surface area contributed by atoms with Gasteiger partial charge in [0.1, 0.15) is 0 Å². The van der Waals surface area contributed by atoms with Gasteiger partial charge in [0.2, 0.25) is 0 Å². The summed E-state index contributed by atoms with van der Waals surface area (Å²) in [5.74, 6) is 0. The lowest BCUT2D eigenvalue weighted by molar-refractivity contribution is 0.604. The summed E-state index contributed by atoms with van der Waals surface area (Å²) in [5.41, 5.74) is 2.05. The van der Waals surface area contributed by atoms with Crippen LogP contribution in [0.25, 0.3) is 0 Å². The van der Waals surface area contributed by atoms with Crippen LogP contribution in [0.3, 0.4) is 0 Å². The molecule has 0 saturated carbocycles. The van der Waals surface area contributed by atoms with Gasteiger partial charge in [-0.3, -0.25) is 0 Å². The van der Waals surface area contributed by atoms with Gasteiger partial charge in [0.05, 0.1) is 15.7 Å². The second-order valence-electron chi connectivity index (χ2n) is 4.74. The maximum absolute atomic E-state index is 12.1. The van der Waals surface area contributed by atoms with Crippen molar-refractivity contribution in [2.75, 3.05) is 0 Å². The molecule has 110 valence electrons. The molecule has 5 heteroatoms. The third-order valence-electron chi connectivity index (χ3n) is 2.96. The van der Waals surface area contributed by atoms with E-state index in [1.807, 2.05) is 26.0 Å². The van der Waals surface area contributed by atoms with Crippen LogP contribution < -0.4 is 0 Å². The number of hydrogen-bond donors (Lipinski definition) is 0. The zero-order valence-electron chi connectivity index (χ0n) is 11.8. The van der Waals surface area contributed by atoms with Crippen LogP contribution in [-0.2, 0) is 20.6 Å². The van der Waals surface area contributed by atoms with Gasteiger partial charge in [0.15, 0.2) is 9.84 Å². The third kappa shape index (κ3) is 4.12. The van der Waals surface area contributed by atoms with E-state index in [1.165, 1.54) is 5.41 Å². The lowest BCUT2D eigenvalue weighted by atomic mass is 10.2. The number of hydrogen-bond acceptors (Lipinski definition) is 3. The van der Waals surface area contributed by atoms with Gasteiger partial charge >= 0.3 is 0 Å². The van der Waals surface area contributed by atoms with Gasteiger partial charge in [-0.05, 0) is 38.1 Å². The van der Waals surface area contributed by atoms with E-state index in [0.29, 0.717) is 4.90 Å². The minimum Gasteiger partial charge on any atom is -0.250 e. The summed E-state index contributed by atoms with van der Waals surface area (Å²) in [6, 6.07) is 13.7. The Morgan fingerprint density at radius 3 is 1.86 bits per heavy atom. The highest BCUT2D eigenvalue weighted by molar-refractivity contribution is 7.95. The van der Waals surface area contributed by atoms with Crippen molar-refractivity contribution in [1.82, 2.24) is 0 Å². The quantitative estimate of drug-likeness (QED) is 0.868. The Hall–Kier alpha value is -1.72. The van der Waals surface area contributed by atoms with Gasteiger partial charge < -0.3 is 0 Å². The van der Waals surface area contributed by atoms with E-state index in [2.05, 4.69) is 0 Å². The van der Waals surface area contributed by atoms with Crippen molar-refractivity contribution in [3.63, 3.8) is 0 Å². The van der Waals surface area contributed by atoms with Gasteiger partial charge in [-0.15, -0.1) is 0 Å². The zero-order valence-corrected chi connectivity index (χ0v) is 13.4. The van der Waals surface area contributed by atoms with Crippen LogP contribution in [0.15, 0.2) is 69.1 Å². The minimum atomic E-state index is -3.56. The minimum absolute atomic E-state index is 0.199. The van der Waals surface area contributed by atoms with Crippen molar-refractivity contribution >= 4 is 20.6 Å². The number of benzene rings is 2. The number of rotatable bonds is 4. The third-order valence-corrected chi connectivity index (χ3v) is 5.68. The van der Waals surface area contributed by atoms with Crippen molar-refractivity contribution in [3.8, 4) is 0 Å². The molecule has 2 rings (SSSR count). The normalized spacial score (nSPS) is 13.4. The van der Waals surface area contributed by atoms with Gasteiger partial charge in [0, 0.05) is 15.7 Å². The first-order chi connectivity index (χ1) is 9.88. The van der Waals surface area contributed by atoms with Crippen LogP contribution >= 0.6 is 0 Å². The first-order valence-electron chi connectivity index (χ1n) is 6.36. The molecular formula is C16H16O3S2. The molecule has 0 aliphatic heterocycles. The Kier molecular flexibility index (Phi) is 4.75. The molecule has 0 aliphatic rings. The molecule has 0 bridgehead atoms. The summed E-state index contributed by atoms with van der Waals surface area (Å²) in [5, 5.41) is 2.22. The van der Waals surface area contributed by atoms with Crippen LogP contribution in [0, 0.1) is 13.8 Å². The molecule has 0 spiro atoms. The summed E-state index contributed by atoms with van der Waals surface area (Å²) in [4.78, 5) is 0.779. The Morgan fingerprint density at radius 1 is 0.857 bits per heavy atom. The molecule has 0 fully saturated rings. The first kappa shape index (κ1) is 15.7. The number of aryl methyl sites for hydroxylation is 2. The molecular weight excluding hydrogens is 304 g/mol. The topological polar surface area (TPSA) is 51.2 Å². The smallest absolute Gasteiger partial charge is 0.200 e. The van der Waals surface area contributed by atoms with Crippen LogP contribution in [0.1, 0.15) is 11.1 Å². The molecule has 2 aromatic carbocycles. The fourth-order valence-corrected chi connectivity index (χ4v) is 3.90. The van der Waals surface area contributed by atoms with Crippen LogP contribution in [-0.4, -0.2) is 12.6 Å². The molecule has 2 aromatic rings. The molecule has 0 N–H and O–H groups in total. The van der Waals surface area contributed by atoms with Gasteiger partial charge in [-0.1, -0.05) is 35.4 Å². The Morgan fingerprint density at radius 2 is 1.33 bits per heavy atom. The lowest BCUT2D eigenvalue weighted by Gasteiger charge is -2.00. The second-order valence-corrected chi connectivity index (χ2v) is 7.91. The van der Waals surface area contributed by atoms with Crippen LogP contribution in [0.2, 0.25) is 0 Å². The Bertz CT molecular complexity index is 771. The number of sulfone groups is 1. The molecule has 0 radical (unpaired) electrons. The van der Waals surface area contributed by atoms with E-state index in [4.69, 9.17) is 0 Å². The maximum atomic E-state index is 12.1. The fraction of sp³-hybridized carbons (Fsp3) is 0.125. The SMILES string of the molecule is Cc1ccc([S@@](=O)/C=C\S(=O)(=O)c2ccc(C)cc2)cc1. The van der Waals surface area contributed by atoms with Crippen molar-refractivity contribution in [1.29, 1.82) is 0 Å². The van der Waals surface area contributed by atoms with Gasteiger partial charge in [0.25, 0.3) is 0 Å². The van der Waals surface area contributed by atoms with Crippen molar-refractivity contribution in [3.05, 3.63) is 70.5 Å². The van der Waals surface area contributed by atoms with Crippen LogP contribution in [0.5, 0.6) is 0 Å². The molecule has 21 heavy (non-hydrogen) atoms. The predicted octanol–water partition coefficient (Wildman–Crippen LogP) is 3.36. The molecule has 0 amide bonds. The van der Waals surface area contributed by atoms with Crippen molar-refractivity contribution in [2.24, 2.45) is 0 Å². The maximum Gasteiger partial charge on any atom is 0.200 e. The first-order valence-corrected chi connectivity index (χ1v) is 9.12. The summed E-state index contributed by atoms with van der Waals surface area (Å²) < 4.78 is 36.3. The molecule has 0 saturated heterocycles. The Balaban J connectivity index is 2.21. The highest BCUT2D eigenvalue weighted by atomic mass is 32.2. The molecule has 0 heterocycles. The highest BCUT2D eigenvalue weighted by Crippen LogP contribution is 2.15. The standard InChI is InChI=1S/C16H16O3S2/c1-13-3-7-15(8-4-13)20(17)11-12-21(18,19)16-9-5-14(2)6-10-16/h3-12H,1-2H3/b12-11-/t20-/m0/s1. The predicted molar refractivity (Wildman–Crippen MR) is 85.1 cm³/mol. The molecule has 0 aromatic heterocycles. The van der Waals surface area contributed by atoms with Crippen molar-refractivity contribution in [2.45, 2.75) is 23.6 Å². The molecule has 3 nitrogen and oxygen atoms in total. The fourth-order valence-electron chi connectivity index (χ4n) is 1.68. The van der Waals surface area contributed by atoms with E-state index in [-0.39, 0.29) is 4.90 Å². The highest BCUT2D eigenvalue weighted by Gasteiger charge is 2.10. The monoisotopic (exact) mass is 320 g/mol. The summed E-state index contributed by atoms with van der Waals surface area (Å²) in [7, 11) is -5.04. The summed E-state index contributed by atoms with van der Waals surface area (Å²) in [6.07, 6.45) is 0. The van der Waals surface area contributed by atoms with Crippen LogP contribution in [0.4, 0.5) is 0 Å². The van der Waals surface area contributed by atoms with Gasteiger partial charge in [-0.25, -0.2) is 12.6 Å². The average Bonchev–Trinajstić information content (AvgIpc) is 2.46. The van der Waals surface area contributed by atoms with E-state index in [0.717, 1.165) is 16.5 Å². The van der Waals surface area contributed by atoms with Gasteiger partial charge in [-0.2, -0.15) is 0 Å². The van der Waals surface area contributed by atoms with E-state index in [1.54, 1.807) is 36.4 Å². The zero-order chi connectivity index (χ0) is 15.5. The second kappa shape index (κ2) is 6.37. The largest absolute Gasteiger partial charge is 0.250 e. The van der Waals surface area contributed by atoms with E-state index >= 15 is 0 Å². The summed E-state index contributed by atoms with van der Waals surface area (Å²) >= 11 is 0. The van der Waals surface area contributed by atoms with E-state index in [9.17, 15) is 12.6 Å². The lowest BCUT2D eigenvalue weighted by Crippen LogP contribution is -1.97. The molecule has 0 aliphatic carbocycles. The average molecular weight is 320 g/mol.